The van der Waals surface area contributed by atoms with E-state index in [1.165, 1.54) is 0 Å². The third kappa shape index (κ3) is 4.07. The third-order valence-electron chi connectivity index (χ3n) is 2.09. The minimum absolute atomic E-state index is 0.155. The molecular weight excluding hydrogens is 180 g/mol. The lowest BCUT2D eigenvalue weighted by Crippen LogP contribution is -2.41. The average molecular weight is 202 g/mol. The van der Waals surface area contributed by atoms with Gasteiger partial charge in [-0.1, -0.05) is 6.92 Å². The van der Waals surface area contributed by atoms with Crippen molar-refractivity contribution in [1.29, 1.82) is 0 Å². The van der Waals surface area contributed by atoms with Crippen molar-refractivity contribution in [2.24, 2.45) is 11.0 Å². The average Bonchev–Trinajstić information content (AvgIpc) is 1.96. The van der Waals surface area contributed by atoms with E-state index in [1.54, 1.807) is 39.9 Å². The highest BCUT2D eigenvalue weighted by Crippen LogP contribution is 2.16. The lowest BCUT2D eigenvalue weighted by molar-refractivity contribution is 0.120. The molecule has 4 heteroatoms. The second kappa shape index (κ2) is 4.75. The van der Waals surface area contributed by atoms with Gasteiger partial charge in [0.15, 0.2) is 0 Å². The van der Waals surface area contributed by atoms with Gasteiger partial charge >= 0.3 is 0 Å². The molecule has 0 fully saturated rings. The first-order chi connectivity index (χ1) is 6.16. The number of nitrogens with zero attached hydrogens (tertiary/aromatic N) is 2. The van der Waals surface area contributed by atoms with Gasteiger partial charge in [0.05, 0.1) is 17.4 Å². The van der Waals surface area contributed by atoms with Crippen LogP contribution in [-0.2, 0) is 0 Å². The molecule has 0 radical (unpaired) electrons. The summed E-state index contributed by atoms with van der Waals surface area (Å²) in [6.07, 6.45) is -0.514. The molecule has 2 unspecified atom stereocenters. The Morgan fingerprint density at radius 2 is 1.71 bits per heavy atom. The van der Waals surface area contributed by atoms with Crippen molar-refractivity contribution in [1.82, 2.24) is 5.01 Å². The lowest BCUT2D eigenvalue weighted by atomic mass is 9.89. The van der Waals surface area contributed by atoms with E-state index in [0.29, 0.717) is 5.71 Å². The Morgan fingerprint density at radius 3 is 1.93 bits per heavy atom. The van der Waals surface area contributed by atoms with Crippen LogP contribution in [-0.4, -0.2) is 46.7 Å². The molecule has 0 aromatic carbocycles. The molecule has 84 valence electrons. The van der Waals surface area contributed by atoms with Crippen LogP contribution in [0.3, 0.4) is 0 Å². The fraction of sp³-hybridized carbons (Fsp3) is 0.900. The predicted octanol–water partition coefficient (Wildman–Crippen LogP) is 0.692. The molecule has 2 atom stereocenters. The smallest absolute Gasteiger partial charge is 0.0992 e. The van der Waals surface area contributed by atoms with Crippen molar-refractivity contribution in [2.75, 3.05) is 14.1 Å². The first kappa shape index (κ1) is 13.4. The van der Waals surface area contributed by atoms with E-state index in [0.717, 1.165) is 0 Å². The Balaban J connectivity index is 4.93. The summed E-state index contributed by atoms with van der Waals surface area (Å²) in [7, 11) is 3.58. The number of aliphatic hydroxyl groups excluding tert-OH is 1. The zero-order valence-electron chi connectivity index (χ0n) is 9.94. The van der Waals surface area contributed by atoms with Gasteiger partial charge in [-0.15, -0.1) is 0 Å². The van der Waals surface area contributed by atoms with Crippen molar-refractivity contribution < 1.29 is 10.2 Å². The van der Waals surface area contributed by atoms with Gasteiger partial charge in [0.25, 0.3) is 0 Å². The van der Waals surface area contributed by atoms with Gasteiger partial charge in [0, 0.05) is 20.0 Å². The Kier molecular flexibility index (Phi) is 4.55. The molecule has 0 rings (SSSR count). The highest BCUT2D eigenvalue weighted by Gasteiger charge is 2.29. The Bertz CT molecular complexity index is 205. The molecule has 0 aromatic rings. The van der Waals surface area contributed by atoms with Gasteiger partial charge in [0.1, 0.15) is 0 Å². The molecule has 0 aliphatic heterocycles. The summed E-state index contributed by atoms with van der Waals surface area (Å²) in [5.74, 6) is -0.155. The largest absolute Gasteiger partial charge is 0.393 e. The fourth-order valence-corrected chi connectivity index (χ4v) is 1.21. The third-order valence-corrected chi connectivity index (χ3v) is 2.09. The number of hydrogen-bond acceptors (Lipinski definition) is 4. The van der Waals surface area contributed by atoms with E-state index in [9.17, 15) is 10.2 Å². The maximum atomic E-state index is 9.88. The standard InChI is InChI=1S/C10H22N2O2/c1-7(8(2)13)9(10(3,4)14)11-12(5)6/h7-8,13-14H,1-6H3/b11-9-. The van der Waals surface area contributed by atoms with Crippen LogP contribution < -0.4 is 0 Å². The molecule has 2 N–H and O–H groups in total. The van der Waals surface area contributed by atoms with Gasteiger partial charge in [-0.25, -0.2) is 0 Å². The summed E-state index contributed by atoms with van der Waals surface area (Å²) in [6, 6.07) is 0. The quantitative estimate of drug-likeness (QED) is 0.521. The zero-order chi connectivity index (χ0) is 11.5. The molecule has 0 aliphatic carbocycles. The van der Waals surface area contributed by atoms with Crippen molar-refractivity contribution >= 4 is 5.71 Å². The SMILES string of the molecule is CC(O)C(C)/C(=N/N(C)C)C(C)(C)O. The van der Waals surface area contributed by atoms with E-state index in [2.05, 4.69) is 5.10 Å². The zero-order valence-corrected chi connectivity index (χ0v) is 9.94. The molecule has 0 spiro atoms. The summed E-state index contributed by atoms with van der Waals surface area (Å²) >= 11 is 0. The van der Waals surface area contributed by atoms with Crippen molar-refractivity contribution in [3.05, 3.63) is 0 Å². The van der Waals surface area contributed by atoms with Crippen LogP contribution in [0, 0.1) is 5.92 Å². The molecule has 4 nitrogen and oxygen atoms in total. The lowest BCUT2D eigenvalue weighted by Gasteiger charge is -2.28. The molecule has 0 heterocycles. The van der Waals surface area contributed by atoms with Gasteiger partial charge in [-0.05, 0) is 20.8 Å². The van der Waals surface area contributed by atoms with Gasteiger partial charge in [0.2, 0.25) is 0 Å². The molecule has 0 aromatic heterocycles. The van der Waals surface area contributed by atoms with Crippen molar-refractivity contribution in [2.45, 2.75) is 39.4 Å². The van der Waals surface area contributed by atoms with E-state index < -0.39 is 11.7 Å². The van der Waals surface area contributed by atoms with E-state index in [-0.39, 0.29) is 5.92 Å². The number of hydrogen-bond donors (Lipinski definition) is 2. The summed E-state index contributed by atoms with van der Waals surface area (Å²) in [6.45, 7) is 6.90. The minimum Gasteiger partial charge on any atom is -0.393 e. The first-order valence-corrected chi connectivity index (χ1v) is 4.83. The van der Waals surface area contributed by atoms with Crippen molar-refractivity contribution in [3.63, 3.8) is 0 Å². The topological polar surface area (TPSA) is 56.1 Å². The van der Waals surface area contributed by atoms with Crippen molar-refractivity contribution in [3.8, 4) is 0 Å². The molecule has 0 amide bonds. The first-order valence-electron chi connectivity index (χ1n) is 4.83. The summed E-state index contributed by atoms with van der Waals surface area (Å²) < 4.78 is 0. The van der Waals surface area contributed by atoms with Crippen LogP contribution in [0.25, 0.3) is 0 Å². The molecule has 0 bridgehead atoms. The molecular formula is C10H22N2O2. The highest BCUT2D eigenvalue weighted by molar-refractivity contribution is 5.93. The summed E-state index contributed by atoms with van der Waals surface area (Å²) in [5.41, 5.74) is -0.404. The number of aliphatic hydroxyl groups is 2. The van der Waals surface area contributed by atoms with E-state index in [4.69, 9.17) is 0 Å². The second-order valence-corrected chi connectivity index (χ2v) is 4.42. The van der Waals surface area contributed by atoms with Crippen LogP contribution in [0.4, 0.5) is 0 Å². The fourth-order valence-electron chi connectivity index (χ4n) is 1.21. The Morgan fingerprint density at radius 1 is 1.29 bits per heavy atom. The van der Waals surface area contributed by atoms with Crippen LogP contribution in [0.5, 0.6) is 0 Å². The van der Waals surface area contributed by atoms with Gasteiger partial charge in [-0.2, -0.15) is 5.10 Å². The van der Waals surface area contributed by atoms with Crippen LogP contribution in [0.2, 0.25) is 0 Å². The van der Waals surface area contributed by atoms with Crippen LogP contribution in [0.1, 0.15) is 27.7 Å². The Labute approximate surface area is 86.2 Å². The maximum Gasteiger partial charge on any atom is 0.0992 e. The van der Waals surface area contributed by atoms with Gasteiger partial charge in [-0.3, -0.25) is 0 Å². The van der Waals surface area contributed by atoms with Crippen LogP contribution >= 0.6 is 0 Å². The molecule has 0 saturated carbocycles. The predicted molar refractivity (Wildman–Crippen MR) is 58.3 cm³/mol. The monoisotopic (exact) mass is 202 g/mol. The van der Waals surface area contributed by atoms with Crippen LogP contribution in [0.15, 0.2) is 5.10 Å². The second-order valence-electron chi connectivity index (χ2n) is 4.42. The normalized spacial score (nSPS) is 17.9. The highest BCUT2D eigenvalue weighted by atomic mass is 16.3. The number of hydrazone groups is 1. The van der Waals surface area contributed by atoms with E-state index in [1.807, 2.05) is 6.92 Å². The molecule has 14 heavy (non-hydrogen) atoms. The summed E-state index contributed by atoms with van der Waals surface area (Å²) in [4.78, 5) is 0. The number of rotatable bonds is 4. The minimum atomic E-state index is -0.999. The molecule has 0 aliphatic rings. The Hall–Kier alpha value is -0.610. The maximum absolute atomic E-state index is 9.88. The van der Waals surface area contributed by atoms with E-state index >= 15 is 0 Å². The molecule has 0 saturated heterocycles. The summed E-state index contributed by atoms with van der Waals surface area (Å²) in [5, 5.41) is 25.2. The van der Waals surface area contributed by atoms with Gasteiger partial charge < -0.3 is 15.2 Å².